The third kappa shape index (κ3) is 5.24. The number of nitrogens with two attached hydrogens (primary N) is 1. The molecule has 2 aromatic rings. The molecule has 1 aliphatic heterocycles. The monoisotopic (exact) mass is 537 g/mol. The van der Waals surface area contributed by atoms with E-state index >= 15 is 0 Å². The van der Waals surface area contributed by atoms with Crippen LogP contribution >= 0.6 is 11.6 Å². The summed E-state index contributed by atoms with van der Waals surface area (Å²) in [6.07, 6.45) is 6.33. The molecular weight excluding hydrogens is 510 g/mol. The van der Waals surface area contributed by atoms with E-state index in [0.717, 1.165) is 30.4 Å². The summed E-state index contributed by atoms with van der Waals surface area (Å²) in [6.45, 7) is 4.86. The van der Waals surface area contributed by atoms with Crippen LogP contribution in [0.3, 0.4) is 0 Å². The first-order chi connectivity index (χ1) is 18.3. The molecule has 1 heterocycles. The van der Waals surface area contributed by atoms with E-state index in [1.54, 1.807) is 4.90 Å². The van der Waals surface area contributed by atoms with Crippen LogP contribution < -0.4 is 20.3 Å². The molecular formula is C28H28ClN3O6. The lowest BCUT2D eigenvalue weighted by Gasteiger charge is -2.38. The largest absolute Gasteiger partial charge is 0.465 e. The number of carbonyl (C=O) groups excluding carboxylic acids is 3. The van der Waals surface area contributed by atoms with E-state index in [2.05, 4.69) is 11.5 Å². The highest BCUT2D eigenvalue weighted by molar-refractivity contribution is 6.32. The van der Waals surface area contributed by atoms with E-state index in [4.69, 9.17) is 31.5 Å². The fourth-order valence-electron chi connectivity index (χ4n) is 4.36. The Morgan fingerprint density at radius 3 is 2.24 bits per heavy atom. The average molecular weight is 538 g/mol. The van der Waals surface area contributed by atoms with Crippen molar-refractivity contribution in [3.05, 3.63) is 88.8 Å². The summed E-state index contributed by atoms with van der Waals surface area (Å²) in [5.41, 5.74) is 7.56. The first-order valence-corrected chi connectivity index (χ1v) is 12.3. The van der Waals surface area contributed by atoms with Crippen LogP contribution in [0, 0.1) is 0 Å². The van der Waals surface area contributed by atoms with Crippen molar-refractivity contribution in [1.29, 1.82) is 0 Å². The number of anilines is 2. The second-order valence-electron chi connectivity index (χ2n) is 8.63. The van der Waals surface area contributed by atoms with Crippen LogP contribution in [-0.4, -0.2) is 51.2 Å². The van der Waals surface area contributed by atoms with Crippen molar-refractivity contribution in [1.82, 2.24) is 0 Å². The Hall–Kier alpha value is -4.24. The molecule has 0 saturated heterocycles. The summed E-state index contributed by atoms with van der Waals surface area (Å²) in [5, 5.41) is 0.000212. The summed E-state index contributed by atoms with van der Waals surface area (Å²) in [5.74, 6) is -1.89. The second-order valence-corrected chi connectivity index (χ2v) is 9.04. The van der Waals surface area contributed by atoms with Crippen molar-refractivity contribution < 1.29 is 28.6 Å². The van der Waals surface area contributed by atoms with Crippen molar-refractivity contribution in [2.45, 2.75) is 18.9 Å². The molecule has 0 unspecified atom stereocenters. The first-order valence-electron chi connectivity index (χ1n) is 11.9. The smallest absolute Gasteiger partial charge is 0.338 e. The minimum Gasteiger partial charge on any atom is -0.465 e. The zero-order valence-corrected chi connectivity index (χ0v) is 21.9. The van der Waals surface area contributed by atoms with Gasteiger partial charge >= 0.3 is 11.9 Å². The number of esters is 2. The van der Waals surface area contributed by atoms with Gasteiger partial charge in [-0.1, -0.05) is 36.4 Å². The number of hydrogen-bond donors (Lipinski definition) is 1. The van der Waals surface area contributed by atoms with Crippen LogP contribution in [-0.2, 0) is 14.3 Å². The molecule has 0 radical (unpaired) electrons. The summed E-state index contributed by atoms with van der Waals surface area (Å²) in [4.78, 5) is 42.4. The molecule has 38 heavy (non-hydrogen) atoms. The Morgan fingerprint density at radius 1 is 1.03 bits per heavy atom. The number of amides is 1. The Morgan fingerprint density at radius 2 is 1.66 bits per heavy atom. The minimum atomic E-state index is -0.794. The molecule has 4 rings (SSSR count). The maximum Gasteiger partial charge on any atom is 0.338 e. The van der Waals surface area contributed by atoms with Gasteiger partial charge in [-0.15, -0.1) is 0 Å². The van der Waals surface area contributed by atoms with Gasteiger partial charge in [0.1, 0.15) is 11.5 Å². The fraction of sp³-hybridized carbons (Fsp3) is 0.250. The predicted octanol–water partition coefficient (Wildman–Crippen LogP) is 4.22. The topological polar surface area (TPSA) is 111 Å². The summed E-state index contributed by atoms with van der Waals surface area (Å²) >= 11 is 6.40. The Bertz CT molecular complexity index is 1350. The number of nitrogens with zero attached hydrogens (tertiary/aromatic N) is 2. The van der Waals surface area contributed by atoms with E-state index in [1.165, 1.54) is 38.5 Å². The number of fused-ring (bicyclic) bond motifs is 1. The van der Waals surface area contributed by atoms with Crippen LogP contribution in [0.2, 0.25) is 5.02 Å². The number of para-hydroxylation sites is 2. The lowest BCUT2D eigenvalue weighted by molar-refractivity contribution is -0.115. The molecule has 2 aromatic carbocycles. The molecule has 0 spiro atoms. The Labute approximate surface area is 225 Å². The zero-order valence-electron chi connectivity index (χ0n) is 21.1. The van der Waals surface area contributed by atoms with Gasteiger partial charge in [0.2, 0.25) is 0 Å². The highest BCUT2D eigenvalue weighted by atomic mass is 35.5. The molecule has 1 aliphatic carbocycles. The summed E-state index contributed by atoms with van der Waals surface area (Å²) in [7, 11) is 2.36. The fourth-order valence-corrected chi connectivity index (χ4v) is 4.56. The first kappa shape index (κ1) is 26.8. The van der Waals surface area contributed by atoms with Crippen molar-refractivity contribution in [3.8, 4) is 5.75 Å². The van der Waals surface area contributed by atoms with Crippen molar-refractivity contribution in [2.24, 2.45) is 5.73 Å². The third-order valence-corrected chi connectivity index (χ3v) is 6.61. The molecule has 0 aromatic heterocycles. The highest BCUT2D eigenvalue weighted by Gasteiger charge is 2.36. The van der Waals surface area contributed by atoms with Crippen LogP contribution in [0.5, 0.6) is 5.75 Å². The van der Waals surface area contributed by atoms with E-state index in [0.29, 0.717) is 19.1 Å². The molecule has 0 bridgehead atoms. The lowest BCUT2D eigenvalue weighted by atomic mass is 10.1. The van der Waals surface area contributed by atoms with Crippen LogP contribution in [0.4, 0.5) is 11.4 Å². The van der Waals surface area contributed by atoms with Crippen molar-refractivity contribution in [3.63, 3.8) is 0 Å². The number of ether oxygens (including phenoxy) is 3. The van der Waals surface area contributed by atoms with Gasteiger partial charge in [0, 0.05) is 25.3 Å². The Kier molecular flexibility index (Phi) is 8.07. The molecule has 10 heteroatoms. The number of allylic oxidation sites excluding steroid dienone is 2. The SMILES string of the molecule is C=C/C=C(Oc1cc(C(=O)OC)c(C(=O)OC)cc1Cl)\C(=C/N)C(=O)N1CCN(C2CC2)c2ccccc21. The Balaban J connectivity index is 1.68. The third-order valence-electron chi connectivity index (χ3n) is 6.31. The zero-order chi connectivity index (χ0) is 27.4. The van der Waals surface area contributed by atoms with Gasteiger partial charge in [-0.05, 0) is 43.2 Å². The van der Waals surface area contributed by atoms with Gasteiger partial charge in [0.05, 0.1) is 47.3 Å². The van der Waals surface area contributed by atoms with Gasteiger partial charge in [-0.3, -0.25) is 4.79 Å². The van der Waals surface area contributed by atoms with Crippen molar-refractivity contribution in [2.75, 3.05) is 37.1 Å². The number of benzene rings is 2. The van der Waals surface area contributed by atoms with E-state index in [9.17, 15) is 14.4 Å². The molecule has 1 fully saturated rings. The number of rotatable bonds is 8. The van der Waals surface area contributed by atoms with E-state index in [-0.39, 0.29) is 39.1 Å². The standard InChI is InChI=1S/C28H28ClN3O6/c1-4-7-24(38-25-15-19(28(35)37-3)18(14-21(25)29)27(34)36-2)20(16-30)26(33)32-13-12-31(17-10-11-17)22-8-5-6-9-23(22)32/h4-9,14-17H,1,10-13,30H2,2-3H3/b20-16+,24-7+. The maximum atomic E-state index is 13.8. The summed E-state index contributed by atoms with van der Waals surface area (Å²) < 4.78 is 15.5. The van der Waals surface area contributed by atoms with Crippen LogP contribution in [0.15, 0.2) is 72.7 Å². The van der Waals surface area contributed by atoms with Gasteiger partial charge in [0.15, 0.2) is 0 Å². The van der Waals surface area contributed by atoms with Gasteiger partial charge < -0.3 is 29.7 Å². The number of hydrogen-bond acceptors (Lipinski definition) is 8. The highest BCUT2D eigenvalue weighted by Crippen LogP contribution is 2.41. The summed E-state index contributed by atoms with van der Waals surface area (Å²) in [6, 6.07) is 10.7. The lowest BCUT2D eigenvalue weighted by Crippen LogP contribution is -2.45. The second kappa shape index (κ2) is 11.4. The quantitative estimate of drug-likeness (QED) is 0.230. The molecule has 9 nitrogen and oxygen atoms in total. The van der Waals surface area contributed by atoms with Crippen LogP contribution in [0.1, 0.15) is 33.6 Å². The normalized spacial score (nSPS) is 15.4. The molecule has 0 atom stereocenters. The molecule has 2 aliphatic rings. The molecule has 2 N–H and O–H groups in total. The maximum absolute atomic E-state index is 13.8. The number of carbonyl (C=O) groups is 3. The minimum absolute atomic E-state index is 0.000212. The van der Waals surface area contributed by atoms with E-state index < -0.39 is 11.9 Å². The van der Waals surface area contributed by atoms with Crippen molar-refractivity contribution >= 4 is 40.8 Å². The molecule has 1 amide bonds. The average Bonchev–Trinajstić information content (AvgIpc) is 3.78. The van der Waals surface area contributed by atoms with Gasteiger partial charge in [-0.2, -0.15) is 0 Å². The predicted molar refractivity (Wildman–Crippen MR) is 144 cm³/mol. The van der Waals surface area contributed by atoms with Gasteiger partial charge in [-0.25, -0.2) is 9.59 Å². The number of methoxy groups -OCH3 is 2. The molecule has 198 valence electrons. The van der Waals surface area contributed by atoms with Gasteiger partial charge in [0.25, 0.3) is 5.91 Å². The van der Waals surface area contributed by atoms with E-state index in [1.807, 2.05) is 24.3 Å². The number of halogens is 1. The van der Waals surface area contributed by atoms with Crippen LogP contribution in [0.25, 0.3) is 0 Å². The molecule has 1 saturated carbocycles.